The summed E-state index contributed by atoms with van der Waals surface area (Å²) in [6, 6.07) is 13.0. The van der Waals surface area contributed by atoms with Gasteiger partial charge >= 0.3 is 6.61 Å². The van der Waals surface area contributed by atoms with E-state index >= 15 is 0 Å². The van der Waals surface area contributed by atoms with Gasteiger partial charge in [-0.05, 0) is 59.9 Å². The Morgan fingerprint density at radius 3 is 2.37 bits per heavy atom. The van der Waals surface area contributed by atoms with Crippen molar-refractivity contribution < 1.29 is 18.3 Å². The van der Waals surface area contributed by atoms with Crippen LogP contribution in [-0.4, -0.2) is 25.4 Å². The van der Waals surface area contributed by atoms with E-state index in [1.165, 1.54) is 18.7 Å². The Labute approximate surface area is 163 Å². The minimum atomic E-state index is -2.88. The van der Waals surface area contributed by atoms with E-state index in [0.717, 1.165) is 11.3 Å². The highest BCUT2D eigenvalue weighted by molar-refractivity contribution is 7.80. The Kier molecular flexibility index (Phi) is 7.79. The van der Waals surface area contributed by atoms with Crippen LogP contribution >= 0.6 is 12.2 Å². The standard InChI is InChI=1S/C20H24F2N2O2S/c1-13(2)15-5-7-16(8-6-15)24-20(27)23-11-10-14-4-9-17(26-19(21)22)18(12-14)25-3/h4-9,12-13,19H,10-11H2,1-3H3,(H2,23,24,27). The molecule has 0 fully saturated rings. The minimum Gasteiger partial charge on any atom is -0.493 e. The molecule has 0 spiro atoms. The number of ether oxygens (including phenoxy) is 2. The summed E-state index contributed by atoms with van der Waals surface area (Å²) >= 11 is 5.30. The molecule has 2 N–H and O–H groups in total. The predicted octanol–water partition coefficient (Wildman–Crippen LogP) is 4.95. The number of hydrogen-bond acceptors (Lipinski definition) is 3. The zero-order valence-electron chi connectivity index (χ0n) is 15.6. The Bertz CT molecular complexity index is 752. The normalized spacial score (nSPS) is 10.8. The first-order valence-electron chi connectivity index (χ1n) is 8.65. The van der Waals surface area contributed by atoms with E-state index in [4.69, 9.17) is 17.0 Å². The van der Waals surface area contributed by atoms with Gasteiger partial charge in [-0.25, -0.2) is 0 Å². The lowest BCUT2D eigenvalue weighted by molar-refractivity contribution is -0.0512. The molecule has 27 heavy (non-hydrogen) atoms. The largest absolute Gasteiger partial charge is 0.493 e. The summed E-state index contributed by atoms with van der Waals surface area (Å²) in [6.07, 6.45) is 0.652. The third-order valence-corrected chi connectivity index (χ3v) is 4.22. The van der Waals surface area contributed by atoms with E-state index in [9.17, 15) is 8.78 Å². The van der Waals surface area contributed by atoms with Gasteiger partial charge in [0, 0.05) is 12.2 Å². The van der Waals surface area contributed by atoms with Gasteiger partial charge in [0.1, 0.15) is 0 Å². The SMILES string of the molecule is COc1cc(CCNC(=S)Nc2ccc(C(C)C)cc2)ccc1OC(F)F. The molecule has 0 saturated heterocycles. The van der Waals surface area contributed by atoms with Crippen molar-refractivity contribution in [2.75, 3.05) is 19.0 Å². The maximum Gasteiger partial charge on any atom is 0.387 e. The van der Waals surface area contributed by atoms with Crippen LogP contribution in [0.5, 0.6) is 11.5 Å². The van der Waals surface area contributed by atoms with Gasteiger partial charge in [-0.15, -0.1) is 0 Å². The number of benzene rings is 2. The highest BCUT2D eigenvalue weighted by Crippen LogP contribution is 2.29. The van der Waals surface area contributed by atoms with Crippen molar-refractivity contribution in [2.24, 2.45) is 0 Å². The molecule has 2 aromatic rings. The van der Waals surface area contributed by atoms with Crippen molar-refractivity contribution in [2.45, 2.75) is 32.8 Å². The molecule has 0 bridgehead atoms. The number of rotatable bonds is 8. The summed E-state index contributed by atoms with van der Waals surface area (Å²) in [4.78, 5) is 0. The number of halogens is 2. The molecule has 4 nitrogen and oxygen atoms in total. The predicted molar refractivity (Wildman–Crippen MR) is 108 cm³/mol. The summed E-state index contributed by atoms with van der Waals surface area (Å²) in [7, 11) is 1.42. The summed E-state index contributed by atoms with van der Waals surface area (Å²) < 4.78 is 34.2. The van der Waals surface area contributed by atoms with Crippen LogP contribution in [0.2, 0.25) is 0 Å². The third kappa shape index (κ3) is 6.67. The maximum absolute atomic E-state index is 12.4. The molecule has 0 aromatic heterocycles. The highest BCUT2D eigenvalue weighted by atomic mass is 32.1. The van der Waals surface area contributed by atoms with E-state index in [-0.39, 0.29) is 11.5 Å². The van der Waals surface area contributed by atoms with Crippen LogP contribution < -0.4 is 20.1 Å². The van der Waals surface area contributed by atoms with Gasteiger partial charge in [0.15, 0.2) is 16.6 Å². The van der Waals surface area contributed by atoms with Crippen LogP contribution in [0.4, 0.5) is 14.5 Å². The Hall–Kier alpha value is -2.41. The first-order chi connectivity index (χ1) is 12.9. The lowest BCUT2D eigenvalue weighted by Gasteiger charge is -2.13. The van der Waals surface area contributed by atoms with E-state index in [2.05, 4.69) is 41.4 Å². The van der Waals surface area contributed by atoms with Gasteiger partial charge in [0.25, 0.3) is 0 Å². The molecule has 0 radical (unpaired) electrons. The average Bonchev–Trinajstić information content (AvgIpc) is 2.62. The second-order valence-electron chi connectivity index (χ2n) is 6.27. The quantitative estimate of drug-likeness (QED) is 0.620. The Morgan fingerprint density at radius 2 is 1.78 bits per heavy atom. The molecule has 0 atom stereocenters. The minimum absolute atomic E-state index is 0.0197. The molecule has 0 unspecified atom stereocenters. The number of nitrogens with one attached hydrogen (secondary N) is 2. The summed E-state index contributed by atoms with van der Waals surface area (Å²) in [5.41, 5.74) is 3.12. The zero-order chi connectivity index (χ0) is 19.8. The fourth-order valence-corrected chi connectivity index (χ4v) is 2.73. The Morgan fingerprint density at radius 1 is 1.07 bits per heavy atom. The van der Waals surface area contributed by atoms with E-state index in [1.54, 1.807) is 12.1 Å². The van der Waals surface area contributed by atoms with Crippen LogP contribution in [0.3, 0.4) is 0 Å². The molecule has 0 amide bonds. The van der Waals surface area contributed by atoms with Gasteiger partial charge in [0.2, 0.25) is 0 Å². The highest BCUT2D eigenvalue weighted by Gasteiger charge is 2.11. The van der Waals surface area contributed by atoms with Gasteiger partial charge in [-0.2, -0.15) is 8.78 Å². The monoisotopic (exact) mass is 394 g/mol. The van der Waals surface area contributed by atoms with Crippen molar-refractivity contribution in [3.05, 3.63) is 53.6 Å². The molecule has 0 heterocycles. The average molecular weight is 394 g/mol. The van der Waals surface area contributed by atoms with Gasteiger partial charge in [-0.1, -0.05) is 32.0 Å². The third-order valence-electron chi connectivity index (χ3n) is 3.98. The molecule has 0 saturated carbocycles. The first-order valence-corrected chi connectivity index (χ1v) is 9.06. The number of hydrogen-bond donors (Lipinski definition) is 2. The van der Waals surface area contributed by atoms with Crippen LogP contribution in [0, 0.1) is 0 Å². The maximum atomic E-state index is 12.4. The molecule has 0 aliphatic rings. The van der Waals surface area contributed by atoms with Crippen LogP contribution in [0.15, 0.2) is 42.5 Å². The van der Waals surface area contributed by atoms with Crippen molar-refractivity contribution in [1.29, 1.82) is 0 Å². The Balaban J connectivity index is 1.83. The molecule has 0 aliphatic carbocycles. The topological polar surface area (TPSA) is 42.5 Å². The second kappa shape index (κ2) is 10.1. The van der Waals surface area contributed by atoms with Gasteiger partial charge < -0.3 is 20.1 Å². The smallest absolute Gasteiger partial charge is 0.387 e. The van der Waals surface area contributed by atoms with Gasteiger partial charge in [-0.3, -0.25) is 0 Å². The zero-order valence-corrected chi connectivity index (χ0v) is 16.4. The van der Waals surface area contributed by atoms with Crippen LogP contribution in [-0.2, 0) is 6.42 Å². The molecular formula is C20H24F2N2O2S. The lowest BCUT2D eigenvalue weighted by atomic mass is 10.0. The summed E-state index contributed by atoms with van der Waals surface area (Å²) in [6.45, 7) is 2.00. The molecule has 0 aliphatic heterocycles. The fourth-order valence-electron chi connectivity index (χ4n) is 2.51. The van der Waals surface area contributed by atoms with Crippen LogP contribution in [0.1, 0.15) is 30.9 Å². The summed E-state index contributed by atoms with van der Waals surface area (Å²) in [5, 5.41) is 6.79. The number of methoxy groups -OCH3 is 1. The molecule has 2 rings (SSSR count). The molecule has 146 valence electrons. The molecule has 2 aromatic carbocycles. The van der Waals surface area contributed by atoms with E-state index < -0.39 is 6.61 Å². The van der Waals surface area contributed by atoms with Crippen molar-refractivity contribution in [1.82, 2.24) is 5.32 Å². The van der Waals surface area contributed by atoms with E-state index in [0.29, 0.717) is 24.0 Å². The summed E-state index contributed by atoms with van der Waals surface area (Å²) in [5.74, 6) is 0.781. The van der Waals surface area contributed by atoms with Crippen molar-refractivity contribution >= 4 is 23.0 Å². The first kappa shape index (κ1) is 20.9. The lowest BCUT2D eigenvalue weighted by Crippen LogP contribution is -2.30. The molecule has 7 heteroatoms. The van der Waals surface area contributed by atoms with Crippen molar-refractivity contribution in [3.63, 3.8) is 0 Å². The number of anilines is 1. The van der Waals surface area contributed by atoms with Gasteiger partial charge in [0.05, 0.1) is 7.11 Å². The number of alkyl halides is 2. The fraction of sp³-hybridized carbons (Fsp3) is 0.350. The second-order valence-corrected chi connectivity index (χ2v) is 6.68. The van der Waals surface area contributed by atoms with Crippen LogP contribution in [0.25, 0.3) is 0 Å². The number of thiocarbonyl (C=S) groups is 1. The van der Waals surface area contributed by atoms with E-state index in [1.807, 2.05) is 12.1 Å². The van der Waals surface area contributed by atoms with Crippen molar-refractivity contribution in [3.8, 4) is 11.5 Å². The molecular weight excluding hydrogens is 370 g/mol.